The van der Waals surface area contributed by atoms with Gasteiger partial charge in [-0.05, 0) is 32.9 Å². The van der Waals surface area contributed by atoms with Crippen molar-refractivity contribution in [2.45, 2.75) is 26.2 Å². The van der Waals surface area contributed by atoms with Gasteiger partial charge in [0.25, 0.3) is 0 Å². The molecular weight excluding hydrogens is 344 g/mol. The summed E-state index contributed by atoms with van der Waals surface area (Å²) in [6.07, 6.45) is 2.91. The van der Waals surface area contributed by atoms with Crippen LogP contribution in [0.5, 0.6) is 0 Å². The van der Waals surface area contributed by atoms with Gasteiger partial charge in [0, 0.05) is 23.0 Å². The van der Waals surface area contributed by atoms with Gasteiger partial charge in [-0.15, -0.1) is 0 Å². The molecule has 25 heavy (non-hydrogen) atoms. The Morgan fingerprint density at radius 2 is 1.52 bits per heavy atom. The molecule has 7 heteroatoms. The molecule has 2 rings (SSSR count). The van der Waals surface area contributed by atoms with Crippen LogP contribution in [-0.4, -0.2) is 35.1 Å². The highest BCUT2D eigenvalue weighted by Crippen LogP contribution is 2.33. The lowest BCUT2D eigenvalue weighted by Gasteiger charge is -2.25. The Hall–Kier alpha value is -2.47. The number of halogens is 1. The number of ether oxygens (including phenoxy) is 2. The van der Waals surface area contributed by atoms with Crippen molar-refractivity contribution in [3.63, 3.8) is 0 Å². The Balaban J connectivity index is 2.64. The van der Waals surface area contributed by atoms with Gasteiger partial charge >= 0.3 is 11.9 Å². The number of nitrogens with zero attached hydrogens (tertiary/aromatic N) is 2. The summed E-state index contributed by atoms with van der Waals surface area (Å²) in [5.41, 5.74) is -0.487. The van der Waals surface area contributed by atoms with E-state index in [1.54, 1.807) is 38.1 Å². The first kappa shape index (κ1) is 18.9. The lowest BCUT2D eigenvalue weighted by Crippen LogP contribution is -2.44. The summed E-state index contributed by atoms with van der Waals surface area (Å²) >= 11 is 5.93. The van der Waals surface area contributed by atoms with E-state index < -0.39 is 17.4 Å². The molecule has 0 fully saturated rings. The number of hydrogen-bond acceptors (Lipinski definition) is 6. The summed E-state index contributed by atoms with van der Waals surface area (Å²) in [5.74, 6) is -1.46. The highest BCUT2D eigenvalue weighted by atomic mass is 35.5. The number of carbonyl (C=O) groups is 2. The van der Waals surface area contributed by atoms with Crippen LogP contribution in [0.25, 0.3) is 11.3 Å². The van der Waals surface area contributed by atoms with Crippen LogP contribution in [0.3, 0.4) is 0 Å². The zero-order valence-electron chi connectivity index (χ0n) is 14.3. The molecule has 0 N–H and O–H groups in total. The van der Waals surface area contributed by atoms with E-state index in [2.05, 4.69) is 9.97 Å². The smallest absolute Gasteiger partial charge is 0.329 e. The highest BCUT2D eigenvalue weighted by Gasteiger charge is 2.49. The van der Waals surface area contributed by atoms with Gasteiger partial charge < -0.3 is 9.47 Å². The monoisotopic (exact) mass is 362 g/mol. The summed E-state index contributed by atoms with van der Waals surface area (Å²) in [6.45, 7) is 5.03. The molecule has 0 atom stereocenters. The van der Waals surface area contributed by atoms with Gasteiger partial charge in [-0.3, -0.25) is 19.6 Å². The topological polar surface area (TPSA) is 78.4 Å². The molecule has 1 aromatic heterocycles. The number of carbonyl (C=O) groups excluding carboxylic acids is 2. The van der Waals surface area contributed by atoms with E-state index in [-0.39, 0.29) is 18.9 Å². The second-order valence-electron chi connectivity index (χ2n) is 5.33. The molecule has 0 aliphatic heterocycles. The van der Waals surface area contributed by atoms with E-state index in [1.807, 2.05) is 0 Å². The molecule has 0 aliphatic rings. The predicted octanol–water partition coefficient (Wildman–Crippen LogP) is 3.18. The number of esters is 2. The Bertz CT molecular complexity index is 744. The summed E-state index contributed by atoms with van der Waals surface area (Å²) in [6, 6.07) is 6.88. The van der Waals surface area contributed by atoms with Gasteiger partial charge in [0.2, 0.25) is 5.41 Å². The fourth-order valence-corrected chi connectivity index (χ4v) is 2.48. The van der Waals surface area contributed by atoms with Crippen molar-refractivity contribution in [1.29, 1.82) is 0 Å². The van der Waals surface area contributed by atoms with Crippen molar-refractivity contribution in [3.8, 4) is 11.3 Å². The van der Waals surface area contributed by atoms with E-state index in [0.717, 1.165) is 0 Å². The van der Waals surface area contributed by atoms with E-state index in [0.29, 0.717) is 16.3 Å². The van der Waals surface area contributed by atoms with Gasteiger partial charge in [0.1, 0.15) is 0 Å². The van der Waals surface area contributed by atoms with E-state index in [4.69, 9.17) is 21.1 Å². The van der Waals surface area contributed by atoms with Crippen LogP contribution in [0.2, 0.25) is 5.02 Å². The zero-order valence-corrected chi connectivity index (χ0v) is 15.0. The van der Waals surface area contributed by atoms with E-state index in [9.17, 15) is 9.59 Å². The van der Waals surface area contributed by atoms with Crippen LogP contribution >= 0.6 is 11.6 Å². The Morgan fingerprint density at radius 1 is 1.00 bits per heavy atom. The fourth-order valence-electron chi connectivity index (χ4n) is 2.35. The molecule has 1 heterocycles. The third-order valence-electron chi connectivity index (χ3n) is 3.66. The SMILES string of the molecule is CCOC(=O)C(C)(C(=O)OCC)c1nccnc1-c1ccc(Cl)cc1. The van der Waals surface area contributed by atoms with Crippen molar-refractivity contribution >= 4 is 23.5 Å². The molecule has 0 amide bonds. The van der Waals surface area contributed by atoms with Gasteiger partial charge in [0.15, 0.2) is 0 Å². The normalized spacial score (nSPS) is 11.0. The molecule has 0 spiro atoms. The van der Waals surface area contributed by atoms with Crippen LogP contribution in [0.15, 0.2) is 36.7 Å². The quantitative estimate of drug-likeness (QED) is 0.580. The number of benzene rings is 1. The minimum Gasteiger partial charge on any atom is -0.465 e. The molecule has 0 bridgehead atoms. The van der Waals surface area contributed by atoms with Crippen molar-refractivity contribution in [1.82, 2.24) is 9.97 Å². The lowest BCUT2D eigenvalue weighted by atomic mass is 9.83. The Kier molecular flexibility index (Phi) is 6.09. The molecule has 0 unspecified atom stereocenters. The fraction of sp³-hybridized carbons (Fsp3) is 0.333. The molecule has 132 valence electrons. The average Bonchev–Trinajstić information content (AvgIpc) is 2.62. The zero-order chi connectivity index (χ0) is 18.4. The van der Waals surface area contributed by atoms with E-state index in [1.165, 1.54) is 19.3 Å². The molecule has 6 nitrogen and oxygen atoms in total. The second-order valence-corrected chi connectivity index (χ2v) is 5.76. The minimum absolute atomic E-state index is 0.129. The molecule has 0 saturated carbocycles. The Labute approximate surface area is 151 Å². The van der Waals surface area contributed by atoms with Gasteiger partial charge in [0.05, 0.1) is 24.6 Å². The maximum absolute atomic E-state index is 12.6. The van der Waals surface area contributed by atoms with Crippen LogP contribution in [0.1, 0.15) is 26.5 Å². The first-order valence-corrected chi connectivity index (χ1v) is 8.24. The summed E-state index contributed by atoms with van der Waals surface area (Å²) in [7, 11) is 0. The first-order valence-electron chi connectivity index (χ1n) is 7.87. The molecule has 1 aromatic carbocycles. The van der Waals surface area contributed by atoms with Crippen LogP contribution < -0.4 is 0 Å². The molecule has 0 aliphatic carbocycles. The van der Waals surface area contributed by atoms with Gasteiger partial charge in [-0.2, -0.15) is 0 Å². The number of rotatable bonds is 6. The van der Waals surface area contributed by atoms with Gasteiger partial charge in [-0.25, -0.2) is 0 Å². The third kappa shape index (κ3) is 3.79. The van der Waals surface area contributed by atoms with Crippen LogP contribution in [0, 0.1) is 0 Å². The molecule has 2 aromatic rings. The lowest BCUT2D eigenvalue weighted by molar-refractivity contribution is -0.164. The molecule has 0 radical (unpaired) electrons. The maximum atomic E-state index is 12.6. The van der Waals surface area contributed by atoms with Crippen molar-refractivity contribution in [3.05, 3.63) is 47.4 Å². The highest BCUT2D eigenvalue weighted by molar-refractivity contribution is 6.30. The first-order chi connectivity index (χ1) is 11.9. The van der Waals surface area contributed by atoms with Crippen molar-refractivity contribution < 1.29 is 19.1 Å². The minimum atomic E-state index is -1.73. The van der Waals surface area contributed by atoms with Crippen LogP contribution in [-0.2, 0) is 24.5 Å². The number of aromatic nitrogens is 2. The summed E-state index contributed by atoms with van der Waals surface area (Å²) in [4.78, 5) is 33.8. The van der Waals surface area contributed by atoms with E-state index >= 15 is 0 Å². The number of hydrogen-bond donors (Lipinski definition) is 0. The molecule has 0 saturated heterocycles. The Morgan fingerprint density at radius 3 is 2.04 bits per heavy atom. The predicted molar refractivity (Wildman–Crippen MR) is 93.1 cm³/mol. The van der Waals surface area contributed by atoms with Crippen molar-refractivity contribution in [2.75, 3.05) is 13.2 Å². The standard InChI is InChI=1S/C18H19ClN2O4/c1-4-24-16(22)18(3,17(23)25-5-2)15-14(20-10-11-21-15)12-6-8-13(19)9-7-12/h6-11H,4-5H2,1-3H3. The summed E-state index contributed by atoms with van der Waals surface area (Å²) < 4.78 is 10.2. The van der Waals surface area contributed by atoms with Crippen molar-refractivity contribution in [2.24, 2.45) is 0 Å². The third-order valence-corrected chi connectivity index (χ3v) is 3.91. The van der Waals surface area contributed by atoms with Gasteiger partial charge in [-0.1, -0.05) is 23.7 Å². The maximum Gasteiger partial charge on any atom is 0.329 e. The second kappa shape index (κ2) is 8.07. The molecular formula is C18H19ClN2O4. The van der Waals surface area contributed by atoms with Crippen LogP contribution in [0.4, 0.5) is 0 Å². The largest absolute Gasteiger partial charge is 0.465 e. The average molecular weight is 363 g/mol. The summed E-state index contributed by atoms with van der Waals surface area (Å²) in [5, 5.41) is 0.563.